The molecule has 1 amide bonds. The average Bonchev–Trinajstić information content (AvgIpc) is 2.74. The minimum absolute atomic E-state index is 0. The number of thioether (sulfide) groups is 1. The second kappa shape index (κ2) is 9.05. The summed E-state index contributed by atoms with van der Waals surface area (Å²) in [6, 6.07) is 0.585. The van der Waals surface area contributed by atoms with Gasteiger partial charge in [0.1, 0.15) is 0 Å². The quantitative estimate of drug-likeness (QED) is 0.766. The summed E-state index contributed by atoms with van der Waals surface area (Å²) in [6.07, 6.45) is 3.93. The first-order valence-electron chi connectivity index (χ1n) is 6.66. The third kappa shape index (κ3) is 5.37. The number of carbonyl (C=O) groups is 1. The molecule has 108 valence electrons. The van der Waals surface area contributed by atoms with Gasteiger partial charge < -0.3 is 10.6 Å². The maximum Gasteiger partial charge on any atom is 0.225 e. The van der Waals surface area contributed by atoms with E-state index in [9.17, 15) is 4.79 Å². The van der Waals surface area contributed by atoms with Gasteiger partial charge in [-0.2, -0.15) is 11.8 Å². The van der Waals surface area contributed by atoms with Gasteiger partial charge >= 0.3 is 0 Å². The Kier molecular flexibility index (Phi) is 9.09. The van der Waals surface area contributed by atoms with E-state index in [1.165, 1.54) is 0 Å². The van der Waals surface area contributed by atoms with E-state index in [4.69, 9.17) is 5.73 Å². The van der Waals surface area contributed by atoms with E-state index in [0.29, 0.717) is 11.9 Å². The molecule has 1 rings (SSSR count). The highest BCUT2D eigenvalue weighted by Gasteiger charge is 2.30. The molecule has 0 spiro atoms. The van der Waals surface area contributed by atoms with Gasteiger partial charge in [-0.25, -0.2) is 0 Å². The molecule has 0 bridgehead atoms. The molecule has 3 unspecified atom stereocenters. The Morgan fingerprint density at radius 1 is 1.50 bits per heavy atom. The van der Waals surface area contributed by atoms with Gasteiger partial charge in [-0.05, 0) is 44.1 Å². The van der Waals surface area contributed by atoms with Crippen LogP contribution in [0.3, 0.4) is 0 Å². The maximum absolute atomic E-state index is 12.2. The fourth-order valence-electron chi connectivity index (χ4n) is 2.34. The molecule has 3 nitrogen and oxygen atoms in total. The van der Waals surface area contributed by atoms with Gasteiger partial charge in [0.2, 0.25) is 5.91 Å². The second-order valence-electron chi connectivity index (χ2n) is 5.05. The number of carbonyl (C=O) groups excluding carboxylic acids is 1. The molecule has 18 heavy (non-hydrogen) atoms. The molecule has 2 N–H and O–H groups in total. The van der Waals surface area contributed by atoms with E-state index in [1.54, 1.807) is 0 Å². The lowest BCUT2D eigenvalue weighted by Gasteiger charge is -2.27. The van der Waals surface area contributed by atoms with Crippen LogP contribution in [0.25, 0.3) is 0 Å². The van der Waals surface area contributed by atoms with Crippen LogP contribution in [-0.4, -0.2) is 41.4 Å². The van der Waals surface area contributed by atoms with Gasteiger partial charge in [0.25, 0.3) is 0 Å². The Morgan fingerprint density at radius 2 is 2.17 bits per heavy atom. The van der Waals surface area contributed by atoms with Crippen LogP contribution >= 0.6 is 24.2 Å². The van der Waals surface area contributed by atoms with Crippen LogP contribution in [0.15, 0.2) is 0 Å². The van der Waals surface area contributed by atoms with E-state index in [-0.39, 0.29) is 24.4 Å². The van der Waals surface area contributed by atoms with Crippen LogP contribution in [0.1, 0.15) is 39.5 Å². The lowest BCUT2D eigenvalue weighted by molar-refractivity contribution is -0.135. The molecule has 0 saturated heterocycles. The normalized spacial score (nSPS) is 24.4. The van der Waals surface area contributed by atoms with Gasteiger partial charge in [0.15, 0.2) is 0 Å². The highest BCUT2D eigenvalue weighted by Crippen LogP contribution is 2.26. The lowest BCUT2D eigenvalue weighted by atomic mass is 10.1. The van der Waals surface area contributed by atoms with Gasteiger partial charge in [0, 0.05) is 25.0 Å². The van der Waals surface area contributed by atoms with Crippen molar-refractivity contribution < 1.29 is 4.79 Å². The van der Waals surface area contributed by atoms with Crippen molar-refractivity contribution in [2.24, 2.45) is 11.7 Å². The molecule has 1 saturated carbocycles. The minimum atomic E-state index is 0. The number of halogens is 1. The van der Waals surface area contributed by atoms with Crippen LogP contribution in [0.5, 0.6) is 0 Å². The highest BCUT2D eigenvalue weighted by atomic mass is 35.5. The number of rotatable bonds is 6. The van der Waals surface area contributed by atoms with E-state index < -0.39 is 0 Å². The fraction of sp³-hybridized carbons (Fsp3) is 0.923. The summed E-state index contributed by atoms with van der Waals surface area (Å²) in [6.45, 7) is 4.31. The van der Waals surface area contributed by atoms with Gasteiger partial charge in [-0.15, -0.1) is 12.4 Å². The molecule has 5 heteroatoms. The van der Waals surface area contributed by atoms with E-state index in [0.717, 1.165) is 37.2 Å². The van der Waals surface area contributed by atoms with Crippen molar-refractivity contribution in [1.82, 2.24) is 4.90 Å². The van der Waals surface area contributed by atoms with E-state index in [2.05, 4.69) is 13.8 Å². The first-order chi connectivity index (χ1) is 8.06. The van der Waals surface area contributed by atoms with Crippen molar-refractivity contribution >= 4 is 30.1 Å². The molecule has 0 aromatic heterocycles. The maximum atomic E-state index is 12.2. The minimum Gasteiger partial charge on any atom is -0.343 e. The second-order valence-corrected chi connectivity index (χ2v) is 6.45. The number of hydrogen-bond acceptors (Lipinski definition) is 3. The Balaban J connectivity index is 0.00000289. The Hall–Kier alpha value is 0.0700. The monoisotopic (exact) mass is 294 g/mol. The molecule has 3 atom stereocenters. The highest BCUT2D eigenvalue weighted by molar-refractivity contribution is 7.99. The summed E-state index contributed by atoms with van der Waals surface area (Å²) >= 11 is 1.94. The van der Waals surface area contributed by atoms with Crippen LogP contribution in [0.2, 0.25) is 0 Å². The molecule has 0 radical (unpaired) electrons. The average molecular weight is 295 g/mol. The van der Waals surface area contributed by atoms with Crippen LogP contribution in [0.4, 0.5) is 0 Å². The molecule has 0 heterocycles. The zero-order chi connectivity index (χ0) is 12.8. The molecular formula is C13H27ClN2OS. The summed E-state index contributed by atoms with van der Waals surface area (Å²) in [5, 5.41) is 0. The first kappa shape index (κ1) is 18.1. The van der Waals surface area contributed by atoms with Gasteiger partial charge in [-0.3, -0.25) is 4.79 Å². The first-order valence-corrected chi connectivity index (χ1v) is 7.81. The Morgan fingerprint density at radius 3 is 2.67 bits per heavy atom. The van der Waals surface area contributed by atoms with E-state index >= 15 is 0 Å². The lowest BCUT2D eigenvalue weighted by Crippen LogP contribution is -2.39. The van der Waals surface area contributed by atoms with Crippen LogP contribution in [0, 0.1) is 5.92 Å². The summed E-state index contributed by atoms with van der Waals surface area (Å²) in [5.41, 5.74) is 5.86. The Bertz CT molecular complexity index is 253. The third-order valence-electron chi connectivity index (χ3n) is 3.72. The van der Waals surface area contributed by atoms with Crippen molar-refractivity contribution in [3.63, 3.8) is 0 Å². The number of hydrogen-bond donors (Lipinski definition) is 1. The zero-order valence-corrected chi connectivity index (χ0v) is 13.4. The smallest absolute Gasteiger partial charge is 0.225 e. The third-order valence-corrected chi connectivity index (χ3v) is 4.65. The molecule has 0 aliphatic heterocycles. The van der Waals surface area contributed by atoms with Gasteiger partial charge in [-0.1, -0.05) is 6.92 Å². The van der Waals surface area contributed by atoms with Crippen molar-refractivity contribution in [2.45, 2.75) is 51.6 Å². The predicted octanol–water partition coefficient (Wildman–Crippen LogP) is 2.53. The summed E-state index contributed by atoms with van der Waals surface area (Å²) in [7, 11) is 1.94. The number of amides is 1. The molecule has 0 aromatic rings. The largest absolute Gasteiger partial charge is 0.343 e. The molecule has 1 fully saturated rings. The summed E-state index contributed by atoms with van der Waals surface area (Å²) < 4.78 is 0. The topological polar surface area (TPSA) is 46.3 Å². The number of nitrogens with zero attached hydrogens (tertiary/aromatic N) is 1. The van der Waals surface area contributed by atoms with Crippen molar-refractivity contribution in [3.05, 3.63) is 0 Å². The standard InChI is InChI=1S/C13H26N2OS.ClH/c1-4-17-8-7-10(2)15(3)13(16)11-5-6-12(14)9-11;/h10-12H,4-9,14H2,1-3H3;1H. The van der Waals surface area contributed by atoms with Gasteiger partial charge in [0.05, 0.1) is 0 Å². The summed E-state index contributed by atoms with van der Waals surface area (Å²) in [5.74, 6) is 2.77. The van der Waals surface area contributed by atoms with Crippen molar-refractivity contribution in [1.29, 1.82) is 0 Å². The summed E-state index contributed by atoms with van der Waals surface area (Å²) in [4.78, 5) is 14.2. The molecule has 1 aliphatic rings. The van der Waals surface area contributed by atoms with E-state index in [1.807, 2.05) is 23.7 Å². The zero-order valence-electron chi connectivity index (χ0n) is 11.7. The molecule has 0 aromatic carbocycles. The molecule has 1 aliphatic carbocycles. The van der Waals surface area contributed by atoms with Crippen molar-refractivity contribution in [2.75, 3.05) is 18.6 Å². The molecular weight excluding hydrogens is 268 g/mol. The van der Waals surface area contributed by atoms with Crippen molar-refractivity contribution in [3.8, 4) is 0 Å². The Labute approximate surface area is 122 Å². The SMILES string of the molecule is CCSCCC(C)N(C)C(=O)C1CCC(N)C1.Cl. The fourth-order valence-corrected chi connectivity index (χ4v) is 3.13. The number of nitrogens with two attached hydrogens (primary N) is 1. The van der Waals surface area contributed by atoms with Crippen LogP contribution in [-0.2, 0) is 4.79 Å². The van der Waals surface area contributed by atoms with Crippen LogP contribution < -0.4 is 5.73 Å². The predicted molar refractivity (Wildman–Crippen MR) is 82.4 cm³/mol.